The predicted molar refractivity (Wildman–Crippen MR) is 86.6 cm³/mol. The molecule has 3 rings (SSSR count). The number of amides is 1. The van der Waals surface area contributed by atoms with Crippen molar-refractivity contribution in [3.05, 3.63) is 47.5 Å². The summed E-state index contributed by atoms with van der Waals surface area (Å²) >= 11 is 0. The SMILES string of the molecule is CC(CC(=O)Nc1ccc(F)cc1)NC1CCc2[nH]ncc2C1. The van der Waals surface area contributed by atoms with E-state index >= 15 is 0 Å². The van der Waals surface area contributed by atoms with Crippen LogP contribution in [0.1, 0.15) is 31.0 Å². The van der Waals surface area contributed by atoms with Gasteiger partial charge in [-0.15, -0.1) is 0 Å². The number of anilines is 1. The van der Waals surface area contributed by atoms with Gasteiger partial charge in [-0.05, 0) is 56.0 Å². The number of aromatic nitrogens is 2. The maximum atomic E-state index is 12.8. The Balaban J connectivity index is 1.46. The lowest BCUT2D eigenvalue weighted by Gasteiger charge is -2.26. The first-order chi connectivity index (χ1) is 11.1. The number of halogens is 1. The summed E-state index contributed by atoms with van der Waals surface area (Å²) < 4.78 is 12.8. The van der Waals surface area contributed by atoms with Gasteiger partial charge in [0, 0.05) is 29.9 Å². The highest BCUT2D eigenvalue weighted by atomic mass is 19.1. The van der Waals surface area contributed by atoms with Crippen molar-refractivity contribution in [3.63, 3.8) is 0 Å². The van der Waals surface area contributed by atoms with Crippen LogP contribution in [-0.2, 0) is 17.6 Å². The van der Waals surface area contributed by atoms with Gasteiger partial charge in [0.15, 0.2) is 0 Å². The van der Waals surface area contributed by atoms with E-state index in [-0.39, 0.29) is 17.8 Å². The molecular formula is C17H21FN4O. The number of nitrogens with one attached hydrogen (secondary N) is 3. The van der Waals surface area contributed by atoms with Gasteiger partial charge in [0.05, 0.1) is 6.20 Å². The van der Waals surface area contributed by atoms with Crippen LogP contribution in [0.3, 0.4) is 0 Å². The van der Waals surface area contributed by atoms with E-state index in [0.717, 1.165) is 19.3 Å². The van der Waals surface area contributed by atoms with E-state index in [4.69, 9.17) is 0 Å². The minimum atomic E-state index is -0.311. The third-order valence-corrected chi connectivity index (χ3v) is 4.16. The molecule has 5 nitrogen and oxygen atoms in total. The van der Waals surface area contributed by atoms with Crippen LogP contribution in [0, 0.1) is 5.82 Å². The maximum Gasteiger partial charge on any atom is 0.225 e. The fourth-order valence-electron chi connectivity index (χ4n) is 3.04. The van der Waals surface area contributed by atoms with E-state index in [2.05, 4.69) is 20.8 Å². The Morgan fingerprint density at radius 1 is 1.43 bits per heavy atom. The van der Waals surface area contributed by atoms with Gasteiger partial charge < -0.3 is 10.6 Å². The molecule has 2 atom stereocenters. The van der Waals surface area contributed by atoms with Crippen LogP contribution >= 0.6 is 0 Å². The zero-order chi connectivity index (χ0) is 16.2. The van der Waals surface area contributed by atoms with E-state index in [1.165, 1.54) is 23.4 Å². The Kier molecular flexibility index (Phi) is 4.71. The van der Waals surface area contributed by atoms with Crippen molar-refractivity contribution in [2.75, 3.05) is 5.32 Å². The summed E-state index contributed by atoms with van der Waals surface area (Å²) in [5, 5.41) is 13.4. The number of carbonyl (C=O) groups is 1. The highest BCUT2D eigenvalue weighted by Crippen LogP contribution is 2.19. The molecule has 0 spiro atoms. The highest BCUT2D eigenvalue weighted by molar-refractivity contribution is 5.91. The average molecular weight is 316 g/mol. The van der Waals surface area contributed by atoms with Gasteiger partial charge in [0.1, 0.15) is 5.82 Å². The normalized spacial score (nSPS) is 18.3. The third-order valence-electron chi connectivity index (χ3n) is 4.16. The number of fused-ring (bicyclic) bond motifs is 1. The average Bonchev–Trinajstić information content (AvgIpc) is 2.97. The second-order valence-corrected chi connectivity index (χ2v) is 6.14. The number of aromatic amines is 1. The van der Waals surface area contributed by atoms with Crippen LogP contribution in [0.15, 0.2) is 30.5 Å². The number of aryl methyl sites for hydroxylation is 1. The zero-order valence-corrected chi connectivity index (χ0v) is 13.1. The van der Waals surface area contributed by atoms with E-state index in [1.807, 2.05) is 13.1 Å². The zero-order valence-electron chi connectivity index (χ0n) is 13.1. The Morgan fingerprint density at radius 2 is 2.22 bits per heavy atom. The fraction of sp³-hybridized carbons (Fsp3) is 0.412. The molecule has 1 amide bonds. The lowest BCUT2D eigenvalue weighted by atomic mass is 9.93. The van der Waals surface area contributed by atoms with Crippen molar-refractivity contribution in [1.29, 1.82) is 0 Å². The number of rotatable bonds is 5. The molecule has 0 fully saturated rings. The molecule has 0 bridgehead atoms. The van der Waals surface area contributed by atoms with E-state index in [0.29, 0.717) is 18.2 Å². The summed E-state index contributed by atoms with van der Waals surface area (Å²) in [4.78, 5) is 12.0. The number of hydrogen-bond acceptors (Lipinski definition) is 3. The molecule has 122 valence electrons. The second kappa shape index (κ2) is 6.91. The molecule has 1 aromatic carbocycles. The Bertz CT molecular complexity index is 667. The van der Waals surface area contributed by atoms with Crippen molar-refractivity contribution >= 4 is 11.6 Å². The third kappa shape index (κ3) is 4.16. The van der Waals surface area contributed by atoms with Gasteiger partial charge in [0.2, 0.25) is 5.91 Å². The summed E-state index contributed by atoms with van der Waals surface area (Å²) in [5.74, 6) is -0.384. The van der Waals surface area contributed by atoms with Crippen molar-refractivity contribution in [3.8, 4) is 0 Å². The Labute approximate surface area is 134 Å². The molecule has 0 saturated heterocycles. The van der Waals surface area contributed by atoms with Crippen LogP contribution in [-0.4, -0.2) is 28.2 Å². The van der Waals surface area contributed by atoms with Crippen LogP contribution in [0.5, 0.6) is 0 Å². The van der Waals surface area contributed by atoms with Gasteiger partial charge in [-0.25, -0.2) is 4.39 Å². The van der Waals surface area contributed by atoms with Gasteiger partial charge in [-0.1, -0.05) is 0 Å². The van der Waals surface area contributed by atoms with Crippen LogP contribution in [0.2, 0.25) is 0 Å². The van der Waals surface area contributed by atoms with E-state index in [1.54, 1.807) is 12.1 Å². The fourth-order valence-corrected chi connectivity index (χ4v) is 3.04. The minimum absolute atomic E-state index is 0.0728. The quantitative estimate of drug-likeness (QED) is 0.793. The Hall–Kier alpha value is -2.21. The minimum Gasteiger partial charge on any atom is -0.326 e. The first-order valence-electron chi connectivity index (χ1n) is 7.93. The molecule has 2 unspecified atom stereocenters. The molecule has 1 aliphatic carbocycles. The van der Waals surface area contributed by atoms with Gasteiger partial charge >= 0.3 is 0 Å². The molecule has 0 radical (unpaired) electrons. The number of H-pyrrole nitrogens is 1. The van der Waals surface area contributed by atoms with Crippen molar-refractivity contribution < 1.29 is 9.18 Å². The van der Waals surface area contributed by atoms with Crippen molar-refractivity contribution in [1.82, 2.24) is 15.5 Å². The van der Waals surface area contributed by atoms with Gasteiger partial charge in [0.25, 0.3) is 0 Å². The summed E-state index contributed by atoms with van der Waals surface area (Å²) in [7, 11) is 0. The van der Waals surface area contributed by atoms with E-state index in [9.17, 15) is 9.18 Å². The smallest absolute Gasteiger partial charge is 0.225 e. The molecule has 1 aromatic heterocycles. The highest BCUT2D eigenvalue weighted by Gasteiger charge is 2.22. The molecule has 6 heteroatoms. The molecular weight excluding hydrogens is 295 g/mol. The standard InChI is InChI=1S/C17H21FN4O/c1-11(8-17(23)21-14-4-2-13(18)3-5-14)20-15-6-7-16-12(9-15)10-19-22-16/h2-5,10-11,15,20H,6-9H2,1H3,(H,19,22)(H,21,23). The summed E-state index contributed by atoms with van der Waals surface area (Å²) in [6, 6.07) is 6.24. The van der Waals surface area contributed by atoms with Gasteiger partial charge in [-0.2, -0.15) is 5.10 Å². The molecule has 1 heterocycles. The topological polar surface area (TPSA) is 69.8 Å². The lowest BCUT2D eigenvalue weighted by Crippen LogP contribution is -2.41. The summed E-state index contributed by atoms with van der Waals surface area (Å²) in [5.41, 5.74) is 3.10. The predicted octanol–water partition coefficient (Wildman–Crippen LogP) is 2.41. The van der Waals surface area contributed by atoms with E-state index < -0.39 is 0 Å². The van der Waals surface area contributed by atoms with Crippen molar-refractivity contribution in [2.24, 2.45) is 0 Å². The molecule has 2 aromatic rings. The number of benzene rings is 1. The second-order valence-electron chi connectivity index (χ2n) is 6.14. The monoisotopic (exact) mass is 316 g/mol. The molecule has 0 saturated carbocycles. The van der Waals surface area contributed by atoms with Crippen LogP contribution in [0.25, 0.3) is 0 Å². The summed E-state index contributed by atoms with van der Waals surface area (Å²) in [6.07, 6.45) is 5.23. The first kappa shape index (κ1) is 15.7. The number of carbonyl (C=O) groups excluding carboxylic acids is 1. The molecule has 23 heavy (non-hydrogen) atoms. The molecule has 0 aliphatic heterocycles. The summed E-state index contributed by atoms with van der Waals surface area (Å²) in [6.45, 7) is 2.01. The Morgan fingerprint density at radius 3 is 3.00 bits per heavy atom. The lowest BCUT2D eigenvalue weighted by molar-refractivity contribution is -0.116. The molecule has 1 aliphatic rings. The molecule has 3 N–H and O–H groups in total. The van der Waals surface area contributed by atoms with Crippen LogP contribution < -0.4 is 10.6 Å². The first-order valence-corrected chi connectivity index (χ1v) is 7.93. The van der Waals surface area contributed by atoms with Gasteiger partial charge in [-0.3, -0.25) is 9.89 Å². The largest absolute Gasteiger partial charge is 0.326 e. The maximum absolute atomic E-state index is 12.8. The van der Waals surface area contributed by atoms with Crippen LogP contribution in [0.4, 0.5) is 10.1 Å². The number of nitrogens with zero attached hydrogens (tertiary/aromatic N) is 1. The number of hydrogen-bond donors (Lipinski definition) is 3. The van der Waals surface area contributed by atoms with Crippen molar-refractivity contribution in [2.45, 2.75) is 44.7 Å².